The Hall–Kier alpha value is -2.51. The van der Waals surface area contributed by atoms with Crippen LogP contribution in [0.3, 0.4) is 0 Å². The van der Waals surface area contributed by atoms with Crippen LogP contribution in [0.5, 0.6) is 5.75 Å². The highest BCUT2D eigenvalue weighted by Gasteiger charge is 2.17. The summed E-state index contributed by atoms with van der Waals surface area (Å²) in [6.45, 7) is 3.85. The second-order valence-corrected chi connectivity index (χ2v) is 4.71. The molecule has 0 unspecified atom stereocenters. The molecule has 1 heterocycles. The van der Waals surface area contributed by atoms with Gasteiger partial charge in [0.15, 0.2) is 18.2 Å². The molecule has 0 fully saturated rings. The highest BCUT2D eigenvalue weighted by Crippen LogP contribution is 2.17. The van der Waals surface area contributed by atoms with Gasteiger partial charge in [0.05, 0.1) is 6.54 Å². The van der Waals surface area contributed by atoms with Crippen molar-refractivity contribution in [1.29, 1.82) is 0 Å². The molecule has 2 aromatic rings. The fourth-order valence-electron chi connectivity index (χ4n) is 1.86. The van der Waals surface area contributed by atoms with Gasteiger partial charge in [0.25, 0.3) is 5.91 Å². The van der Waals surface area contributed by atoms with Crippen LogP contribution in [0.4, 0.5) is 8.78 Å². The van der Waals surface area contributed by atoms with Gasteiger partial charge in [0.1, 0.15) is 5.82 Å². The molecule has 0 bridgehead atoms. The molecule has 0 radical (unpaired) electrons. The second-order valence-electron chi connectivity index (χ2n) is 4.71. The highest BCUT2D eigenvalue weighted by molar-refractivity contribution is 5.77. The summed E-state index contributed by atoms with van der Waals surface area (Å²) < 4.78 is 36.7. The zero-order chi connectivity index (χ0) is 16.8. The van der Waals surface area contributed by atoms with Gasteiger partial charge in [-0.1, -0.05) is 6.92 Å². The number of likely N-dealkylation sites (N-methyl/N-ethyl adjacent to an activating group) is 1. The van der Waals surface area contributed by atoms with Crippen molar-refractivity contribution in [2.24, 2.45) is 0 Å². The Morgan fingerprint density at radius 1 is 1.26 bits per heavy atom. The molecule has 0 spiro atoms. The molecule has 0 atom stereocenters. The lowest BCUT2D eigenvalue weighted by Crippen LogP contribution is -2.34. The van der Waals surface area contributed by atoms with Crippen molar-refractivity contribution in [3.63, 3.8) is 0 Å². The maximum absolute atomic E-state index is 13.4. The molecule has 0 saturated heterocycles. The first-order valence-electron chi connectivity index (χ1n) is 7.20. The van der Waals surface area contributed by atoms with E-state index in [4.69, 9.17) is 9.15 Å². The average Bonchev–Trinajstić information content (AvgIpc) is 2.99. The zero-order valence-corrected chi connectivity index (χ0v) is 12.9. The van der Waals surface area contributed by atoms with Crippen molar-refractivity contribution in [3.8, 4) is 5.75 Å². The lowest BCUT2D eigenvalue weighted by Gasteiger charge is -2.19. The summed E-state index contributed by atoms with van der Waals surface area (Å²) in [4.78, 5) is 13.6. The predicted molar refractivity (Wildman–Crippen MR) is 76.6 cm³/mol. The third-order valence-corrected chi connectivity index (χ3v) is 3.12. The Labute approximate surface area is 132 Å². The highest BCUT2D eigenvalue weighted by atomic mass is 19.1. The van der Waals surface area contributed by atoms with Crippen LogP contribution in [0.1, 0.15) is 25.6 Å². The molecule has 124 valence electrons. The van der Waals surface area contributed by atoms with Gasteiger partial charge in [0, 0.05) is 19.0 Å². The van der Waals surface area contributed by atoms with Gasteiger partial charge in [-0.2, -0.15) is 0 Å². The molecule has 2 rings (SSSR count). The summed E-state index contributed by atoms with van der Waals surface area (Å²) in [7, 11) is 0. The summed E-state index contributed by atoms with van der Waals surface area (Å²) in [5.74, 6) is -1.29. The fourth-order valence-corrected chi connectivity index (χ4v) is 1.86. The first-order valence-corrected chi connectivity index (χ1v) is 7.20. The van der Waals surface area contributed by atoms with E-state index in [1.807, 2.05) is 6.92 Å². The summed E-state index contributed by atoms with van der Waals surface area (Å²) in [5, 5.41) is 7.67. The van der Waals surface area contributed by atoms with E-state index in [1.54, 1.807) is 6.92 Å². The van der Waals surface area contributed by atoms with Crippen LogP contribution in [0, 0.1) is 11.6 Å². The maximum atomic E-state index is 13.4. The van der Waals surface area contributed by atoms with Crippen molar-refractivity contribution < 1.29 is 22.7 Å². The third-order valence-electron chi connectivity index (χ3n) is 3.12. The summed E-state index contributed by atoms with van der Waals surface area (Å²) in [6.07, 6.45) is 0.611. The van der Waals surface area contributed by atoms with E-state index >= 15 is 0 Å². The Kier molecular flexibility index (Phi) is 5.61. The molecule has 0 saturated carbocycles. The van der Waals surface area contributed by atoms with E-state index < -0.39 is 11.6 Å². The lowest BCUT2D eigenvalue weighted by atomic mass is 10.3. The molecule has 1 aromatic carbocycles. The fraction of sp³-hybridized carbons (Fsp3) is 0.400. The Bertz CT molecular complexity index is 676. The van der Waals surface area contributed by atoms with Crippen LogP contribution in [0.25, 0.3) is 0 Å². The number of carbonyl (C=O) groups excluding carboxylic acids is 1. The molecule has 8 heteroatoms. The predicted octanol–water partition coefficient (Wildman–Crippen LogP) is 2.34. The van der Waals surface area contributed by atoms with Gasteiger partial charge in [-0.15, -0.1) is 10.2 Å². The van der Waals surface area contributed by atoms with Crippen molar-refractivity contribution in [3.05, 3.63) is 41.6 Å². The van der Waals surface area contributed by atoms with Crippen LogP contribution >= 0.6 is 0 Å². The minimum Gasteiger partial charge on any atom is -0.481 e. The number of aromatic nitrogens is 2. The van der Waals surface area contributed by atoms with Gasteiger partial charge in [0.2, 0.25) is 11.8 Å². The number of amides is 1. The number of rotatable bonds is 7. The topological polar surface area (TPSA) is 68.5 Å². The van der Waals surface area contributed by atoms with Crippen molar-refractivity contribution in [2.45, 2.75) is 26.8 Å². The Morgan fingerprint density at radius 2 is 2.00 bits per heavy atom. The smallest absolute Gasteiger partial charge is 0.260 e. The summed E-state index contributed by atoms with van der Waals surface area (Å²) in [6, 6.07) is 2.90. The van der Waals surface area contributed by atoms with Crippen LogP contribution in [0.15, 0.2) is 22.6 Å². The van der Waals surface area contributed by atoms with Crippen molar-refractivity contribution in [2.75, 3.05) is 13.2 Å². The minimum atomic E-state index is -0.856. The van der Waals surface area contributed by atoms with E-state index in [0.717, 1.165) is 12.1 Å². The van der Waals surface area contributed by atoms with Gasteiger partial charge in [-0.25, -0.2) is 8.78 Å². The molecule has 0 aliphatic carbocycles. The molecule has 1 aromatic heterocycles. The Morgan fingerprint density at radius 3 is 2.61 bits per heavy atom. The molecule has 23 heavy (non-hydrogen) atoms. The molecule has 0 aliphatic heterocycles. The van der Waals surface area contributed by atoms with Gasteiger partial charge in [-0.05, 0) is 19.1 Å². The van der Waals surface area contributed by atoms with E-state index in [0.29, 0.717) is 30.8 Å². The maximum Gasteiger partial charge on any atom is 0.260 e. The molecule has 0 N–H and O–H groups in total. The van der Waals surface area contributed by atoms with Crippen LogP contribution in [-0.4, -0.2) is 34.2 Å². The normalized spacial score (nSPS) is 10.6. The van der Waals surface area contributed by atoms with Crippen LogP contribution in [0.2, 0.25) is 0 Å². The number of hydrogen-bond acceptors (Lipinski definition) is 5. The number of aryl methyl sites for hydroxylation is 1. The second kappa shape index (κ2) is 7.66. The molecule has 6 nitrogen and oxygen atoms in total. The first-order chi connectivity index (χ1) is 11.0. The number of halogens is 2. The number of hydrogen-bond donors (Lipinski definition) is 0. The first kappa shape index (κ1) is 16.9. The van der Waals surface area contributed by atoms with Gasteiger partial charge >= 0.3 is 0 Å². The average molecular weight is 325 g/mol. The van der Waals surface area contributed by atoms with E-state index in [-0.39, 0.29) is 24.8 Å². The molecule has 0 aliphatic rings. The third kappa shape index (κ3) is 4.48. The Balaban J connectivity index is 1.94. The SMILES string of the molecule is CCc1nnc(CN(CC)C(=O)COc2ccc(F)cc2F)o1. The largest absolute Gasteiger partial charge is 0.481 e. The number of benzene rings is 1. The minimum absolute atomic E-state index is 0.150. The summed E-state index contributed by atoms with van der Waals surface area (Å²) >= 11 is 0. The monoisotopic (exact) mass is 325 g/mol. The molecular weight excluding hydrogens is 308 g/mol. The van der Waals surface area contributed by atoms with Gasteiger partial charge < -0.3 is 14.1 Å². The van der Waals surface area contributed by atoms with Crippen molar-refractivity contribution >= 4 is 5.91 Å². The standard InChI is InChI=1S/C15H17F2N3O3/c1-3-13-18-19-14(23-13)8-20(4-2)15(21)9-22-12-6-5-10(16)7-11(12)17/h5-7H,3-4,8-9H2,1-2H3. The quantitative estimate of drug-likeness (QED) is 0.781. The van der Waals surface area contributed by atoms with Crippen molar-refractivity contribution in [1.82, 2.24) is 15.1 Å². The van der Waals surface area contributed by atoms with Crippen LogP contribution < -0.4 is 4.74 Å². The zero-order valence-electron chi connectivity index (χ0n) is 12.9. The van der Waals surface area contributed by atoms with E-state index in [9.17, 15) is 13.6 Å². The molecule has 1 amide bonds. The number of nitrogens with zero attached hydrogens (tertiary/aromatic N) is 3. The number of carbonyl (C=O) groups is 1. The lowest BCUT2D eigenvalue weighted by molar-refractivity contribution is -0.134. The molecular formula is C15H17F2N3O3. The van der Waals surface area contributed by atoms with E-state index in [2.05, 4.69) is 10.2 Å². The van der Waals surface area contributed by atoms with Gasteiger partial charge in [-0.3, -0.25) is 4.79 Å². The van der Waals surface area contributed by atoms with Crippen LogP contribution in [-0.2, 0) is 17.8 Å². The summed E-state index contributed by atoms with van der Waals surface area (Å²) in [5.41, 5.74) is 0. The van der Waals surface area contributed by atoms with E-state index in [1.165, 1.54) is 4.90 Å². The number of ether oxygens (including phenoxy) is 1.